The quantitative estimate of drug-likeness (QED) is 0.477. The molecular formula is C17H36. The van der Waals surface area contributed by atoms with Crippen molar-refractivity contribution in [2.75, 3.05) is 0 Å². The number of hydrogen-bond donors (Lipinski definition) is 0. The van der Waals surface area contributed by atoms with Gasteiger partial charge in [0.25, 0.3) is 0 Å². The molecule has 0 aliphatic heterocycles. The molecule has 104 valence electrons. The molecule has 0 nitrogen and oxygen atoms in total. The standard InChI is InChI=1S/C17H36/c1-9-12-15(13(4)5)16(14(6)10-2)17(7,8)11-3/h13-16H,9-12H2,1-8H3. The predicted molar refractivity (Wildman–Crippen MR) is 80.3 cm³/mol. The fraction of sp³-hybridized carbons (Fsp3) is 1.00. The van der Waals surface area contributed by atoms with E-state index in [0.29, 0.717) is 5.41 Å². The van der Waals surface area contributed by atoms with Crippen molar-refractivity contribution in [1.82, 2.24) is 0 Å². The minimum Gasteiger partial charge on any atom is -0.0654 e. The highest BCUT2D eigenvalue weighted by Crippen LogP contribution is 2.45. The SMILES string of the molecule is CCCC(C(C)C)C(C(C)CC)C(C)(C)CC. The summed E-state index contributed by atoms with van der Waals surface area (Å²) in [6.07, 6.45) is 5.35. The van der Waals surface area contributed by atoms with Crippen molar-refractivity contribution in [2.45, 2.75) is 81.1 Å². The van der Waals surface area contributed by atoms with Gasteiger partial charge in [-0.1, -0.05) is 81.1 Å². The van der Waals surface area contributed by atoms with Crippen LogP contribution < -0.4 is 0 Å². The Bertz CT molecular complexity index is 190. The first-order chi connectivity index (χ1) is 7.81. The van der Waals surface area contributed by atoms with Crippen molar-refractivity contribution >= 4 is 0 Å². The van der Waals surface area contributed by atoms with E-state index in [-0.39, 0.29) is 0 Å². The summed E-state index contributed by atoms with van der Waals surface area (Å²) in [6, 6.07) is 0. The second-order valence-corrected chi connectivity index (χ2v) is 6.95. The van der Waals surface area contributed by atoms with Gasteiger partial charge < -0.3 is 0 Å². The zero-order valence-electron chi connectivity index (χ0n) is 13.6. The van der Waals surface area contributed by atoms with Gasteiger partial charge >= 0.3 is 0 Å². The van der Waals surface area contributed by atoms with E-state index < -0.39 is 0 Å². The molecule has 0 rings (SSSR count). The highest BCUT2D eigenvalue weighted by Gasteiger charge is 2.38. The average Bonchev–Trinajstić information content (AvgIpc) is 2.27. The largest absolute Gasteiger partial charge is 0.0654 e. The molecule has 0 aromatic rings. The molecule has 0 aliphatic rings. The van der Waals surface area contributed by atoms with Crippen LogP contribution in [0.3, 0.4) is 0 Å². The molecule has 3 unspecified atom stereocenters. The predicted octanol–water partition coefficient (Wildman–Crippen LogP) is 6.16. The van der Waals surface area contributed by atoms with Crippen molar-refractivity contribution in [3.8, 4) is 0 Å². The summed E-state index contributed by atoms with van der Waals surface area (Å²) in [7, 11) is 0. The lowest BCUT2D eigenvalue weighted by molar-refractivity contribution is 0.0454. The molecule has 0 spiro atoms. The maximum atomic E-state index is 2.48. The van der Waals surface area contributed by atoms with Crippen LogP contribution in [0.1, 0.15) is 81.1 Å². The van der Waals surface area contributed by atoms with Gasteiger partial charge in [-0.25, -0.2) is 0 Å². The first kappa shape index (κ1) is 17.0. The Hall–Kier alpha value is 0. The Morgan fingerprint density at radius 3 is 1.76 bits per heavy atom. The Labute approximate surface area is 111 Å². The van der Waals surface area contributed by atoms with E-state index in [1.54, 1.807) is 0 Å². The zero-order chi connectivity index (χ0) is 13.6. The smallest absolute Gasteiger partial charge is 0.0306 e. The molecule has 0 amide bonds. The van der Waals surface area contributed by atoms with E-state index in [4.69, 9.17) is 0 Å². The van der Waals surface area contributed by atoms with E-state index in [1.165, 1.54) is 25.7 Å². The third-order valence-electron chi connectivity index (χ3n) is 5.01. The van der Waals surface area contributed by atoms with Crippen molar-refractivity contribution in [2.24, 2.45) is 29.1 Å². The van der Waals surface area contributed by atoms with Gasteiger partial charge in [-0.3, -0.25) is 0 Å². The Kier molecular flexibility index (Phi) is 7.44. The number of hydrogen-bond acceptors (Lipinski definition) is 0. The Morgan fingerprint density at radius 2 is 1.47 bits per heavy atom. The summed E-state index contributed by atoms with van der Waals surface area (Å²) >= 11 is 0. The van der Waals surface area contributed by atoms with E-state index in [2.05, 4.69) is 55.4 Å². The molecule has 0 fully saturated rings. The maximum absolute atomic E-state index is 2.48. The van der Waals surface area contributed by atoms with Gasteiger partial charge in [0.15, 0.2) is 0 Å². The lowest BCUT2D eigenvalue weighted by Gasteiger charge is -2.44. The second kappa shape index (κ2) is 7.44. The van der Waals surface area contributed by atoms with E-state index in [9.17, 15) is 0 Å². The fourth-order valence-electron chi connectivity index (χ4n) is 3.52. The molecule has 0 saturated carbocycles. The van der Waals surface area contributed by atoms with Gasteiger partial charge in [0.1, 0.15) is 0 Å². The monoisotopic (exact) mass is 240 g/mol. The molecule has 0 aromatic carbocycles. The summed E-state index contributed by atoms with van der Waals surface area (Å²) in [4.78, 5) is 0. The van der Waals surface area contributed by atoms with Gasteiger partial charge in [0.05, 0.1) is 0 Å². The van der Waals surface area contributed by atoms with Crippen LogP contribution in [0.15, 0.2) is 0 Å². The number of rotatable bonds is 8. The Balaban J connectivity index is 5.12. The van der Waals surface area contributed by atoms with Crippen LogP contribution in [-0.4, -0.2) is 0 Å². The first-order valence-corrected chi connectivity index (χ1v) is 7.81. The van der Waals surface area contributed by atoms with Crippen molar-refractivity contribution in [3.63, 3.8) is 0 Å². The molecule has 0 bridgehead atoms. The van der Waals surface area contributed by atoms with Crippen LogP contribution in [0, 0.1) is 29.1 Å². The molecular weight excluding hydrogens is 204 g/mol. The molecule has 17 heavy (non-hydrogen) atoms. The minimum absolute atomic E-state index is 0.486. The third-order valence-corrected chi connectivity index (χ3v) is 5.01. The Morgan fingerprint density at radius 1 is 0.941 bits per heavy atom. The molecule has 0 heterocycles. The van der Waals surface area contributed by atoms with Crippen LogP contribution in [0.2, 0.25) is 0 Å². The summed E-state index contributed by atoms with van der Waals surface area (Å²) in [6.45, 7) is 19.3. The fourth-order valence-corrected chi connectivity index (χ4v) is 3.52. The molecule has 0 aromatic heterocycles. The van der Waals surface area contributed by atoms with Crippen molar-refractivity contribution in [1.29, 1.82) is 0 Å². The van der Waals surface area contributed by atoms with Gasteiger partial charge in [0, 0.05) is 0 Å². The van der Waals surface area contributed by atoms with Gasteiger partial charge in [-0.05, 0) is 29.1 Å². The van der Waals surface area contributed by atoms with E-state index >= 15 is 0 Å². The van der Waals surface area contributed by atoms with Crippen LogP contribution in [-0.2, 0) is 0 Å². The van der Waals surface area contributed by atoms with E-state index in [0.717, 1.165) is 23.7 Å². The first-order valence-electron chi connectivity index (χ1n) is 7.81. The summed E-state index contributed by atoms with van der Waals surface area (Å²) in [5.74, 6) is 3.44. The topological polar surface area (TPSA) is 0 Å². The van der Waals surface area contributed by atoms with Crippen LogP contribution in [0.5, 0.6) is 0 Å². The second-order valence-electron chi connectivity index (χ2n) is 6.95. The normalized spacial score (nSPS) is 18.2. The summed E-state index contributed by atoms with van der Waals surface area (Å²) < 4.78 is 0. The van der Waals surface area contributed by atoms with Crippen LogP contribution in [0.4, 0.5) is 0 Å². The maximum Gasteiger partial charge on any atom is -0.0306 e. The van der Waals surface area contributed by atoms with Crippen LogP contribution >= 0.6 is 0 Å². The van der Waals surface area contributed by atoms with Crippen molar-refractivity contribution < 1.29 is 0 Å². The highest BCUT2D eigenvalue weighted by atomic mass is 14.4. The molecule has 0 radical (unpaired) electrons. The van der Waals surface area contributed by atoms with Crippen LogP contribution in [0.25, 0.3) is 0 Å². The third kappa shape index (κ3) is 4.64. The summed E-state index contributed by atoms with van der Waals surface area (Å²) in [5, 5.41) is 0. The van der Waals surface area contributed by atoms with E-state index in [1.807, 2.05) is 0 Å². The molecule has 0 heteroatoms. The van der Waals surface area contributed by atoms with Gasteiger partial charge in [-0.2, -0.15) is 0 Å². The lowest BCUT2D eigenvalue weighted by atomic mass is 9.61. The molecule has 0 aliphatic carbocycles. The minimum atomic E-state index is 0.486. The average molecular weight is 240 g/mol. The van der Waals surface area contributed by atoms with Gasteiger partial charge in [0.2, 0.25) is 0 Å². The summed E-state index contributed by atoms with van der Waals surface area (Å²) in [5.41, 5.74) is 0.486. The lowest BCUT2D eigenvalue weighted by Crippen LogP contribution is -2.37. The molecule has 0 saturated heterocycles. The highest BCUT2D eigenvalue weighted by molar-refractivity contribution is 4.87. The van der Waals surface area contributed by atoms with Gasteiger partial charge in [-0.15, -0.1) is 0 Å². The molecule has 3 atom stereocenters. The van der Waals surface area contributed by atoms with Crippen molar-refractivity contribution in [3.05, 3.63) is 0 Å². The zero-order valence-corrected chi connectivity index (χ0v) is 13.6. The molecule has 0 N–H and O–H groups in total.